The number of rotatable bonds is 6. The molecule has 0 aromatic heterocycles. The summed E-state index contributed by atoms with van der Waals surface area (Å²) in [6.07, 6.45) is 1.61. The molecule has 4 heteroatoms. The first-order valence-corrected chi connectivity index (χ1v) is 6.20. The van der Waals surface area contributed by atoms with Crippen molar-refractivity contribution in [1.29, 1.82) is 0 Å². The highest BCUT2D eigenvalue weighted by molar-refractivity contribution is 9.10. The van der Waals surface area contributed by atoms with Crippen molar-refractivity contribution < 1.29 is 14.3 Å². The third kappa shape index (κ3) is 4.48. The Hall–Kier alpha value is -0.870. The summed E-state index contributed by atoms with van der Waals surface area (Å²) in [5, 5.41) is 0. The number of halogens is 1. The first kappa shape index (κ1) is 14.2. The topological polar surface area (TPSA) is 35.5 Å². The number of benzene rings is 1. The zero-order valence-electron chi connectivity index (χ0n) is 10.3. The lowest BCUT2D eigenvalue weighted by Crippen LogP contribution is -2.25. The van der Waals surface area contributed by atoms with E-state index >= 15 is 0 Å². The van der Waals surface area contributed by atoms with Crippen LogP contribution in [0, 0.1) is 0 Å². The fraction of sp³-hybridized carbons (Fsp3) is 0.462. The van der Waals surface area contributed by atoms with Crippen molar-refractivity contribution in [3.8, 4) is 5.75 Å². The molecule has 1 aromatic rings. The van der Waals surface area contributed by atoms with Gasteiger partial charge in [0, 0.05) is 19.1 Å². The number of hydrogen-bond acceptors (Lipinski definition) is 3. The molecule has 0 atom stereocenters. The molecule has 0 fully saturated rings. The summed E-state index contributed by atoms with van der Waals surface area (Å²) in [6, 6.07) is 5.26. The van der Waals surface area contributed by atoms with E-state index in [4.69, 9.17) is 9.47 Å². The molecule has 0 saturated heterocycles. The maximum Gasteiger partial charge on any atom is 0.150 e. The molecule has 3 nitrogen and oxygen atoms in total. The van der Waals surface area contributed by atoms with Gasteiger partial charge < -0.3 is 9.47 Å². The normalized spacial score (nSPS) is 11.3. The summed E-state index contributed by atoms with van der Waals surface area (Å²) in [5.74, 6) is 0.738. The zero-order chi connectivity index (χ0) is 12.9. The fourth-order valence-electron chi connectivity index (χ4n) is 1.22. The molecule has 0 amide bonds. The molecule has 0 N–H and O–H groups in total. The Labute approximate surface area is 110 Å². The van der Waals surface area contributed by atoms with Gasteiger partial charge in [-0.05, 0) is 48.0 Å². The molecule has 0 spiro atoms. The standard InChI is InChI=1S/C13H17BrO3/c1-13(2,16-3)6-7-17-12-5-4-10(9-15)8-11(12)14/h4-5,8-9H,6-7H2,1-3H3. The van der Waals surface area contributed by atoms with Crippen LogP contribution in [-0.4, -0.2) is 25.6 Å². The minimum atomic E-state index is -0.185. The average Bonchev–Trinajstić information content (AvgIpc) is 2.31. The largest absolute Gasteiger partial charge is 0.492 e. The third-order valence-electron chi connectivity index (χ3n) is 2.61. The third-order valence-corrected chi connectivity index (χ3v) is 3.23. The Kier molecular flexibility index (Phi) is 5.15. The number of hydrogen-bond donors (Lipinski definition) is 0. The van der Waals surface area contributed by atoms with E-state index in [1.165, 1.54) is 0 Å². The highest BCUT2D eigenvalue weighted by Crippen LogP contribution is 2.26. The Morgan fingerprint density at radius 1 is 1.41 bits per heavy atom. The predicted molar refractivity (Wildman–Crippen MR) is 70.7 cm³/mol. The van der Waals surface area contributed by atoms with E-state index < -0.39 is 0 Å². The number of ether oxygens (including phenoxy) is 2. The quantitative estimate of drug-likeness (QED) is 0.755. The summed E-state index contributed by atoms with van der Waals surface area (Å²) >= 11 is 3.37. The van der Waals surface area contributed by atoms with Gasteiger partial charge in [-0.3, -0.25) is 4.79 Å². The van der Waals surface area contributed by atoms with Gasteiger partial charge in [-0.15, -0.1) is 0 Å². The number of carbonyl (C=O) groups is 1. The zero-order valence-corrected chi connectivity index (χ0v) is 11.9. The first-order valence-electron chi connectivity index (χ1n) is 5.41. The van der Waals surface area contributed by atoms with E-state index in [1.807, 2.05) is 13.8 Å². The Morgan fingerprint density at radius 2 is 2.12 bits per heavy atom. The lowest BCUT2D eigenvalue weighted by Gasteiger charge is -2.22. The molecule has 0 unspecified atom stereocenters. The van der Waals surface area contributed by atoms with Crippen molar-refractivity contribution in [1.82, 2.24) is 0 Å². The molecule has 0 saturated carbocycles. The minimum absolute atomic E-state index is 0.185. The second kappa shape index (κ2) is 6.17. The van der Waals surface area contributed by atoms with Crippen LogP contribution in [0.15, 0.2) is 22.7 Å². The van der Waals surface area contributed by atoms with E-state index in [0.717, 1.165) is 22.9 Å². The van der Waals surface area contributed by atoms with Crippen LogP contribution in [0.4, 0.5) is 0 Å². The summed E-state index contributed by atoms with van der Waals surface area (Å²) in [7, 11) is 1.69. The Balaban J connectivity index is 2.55. The second-order valence-electron chi connectivity index (χ2n) is 4.37. The maximum absolute atomic E-state index is 10.6. The van der Waals surface area contributed by atoms with Gasteiger partial charge in [-0.2, -0.15) is 0 Å². The molecule has 0 bridgehead atoms. The van der Waals surface area contributed by atoms with Crippen LogP contribution in [0.3, 0.4) is 0 Å². The van der Waals surface area contributed by atoms with Crippen molar-refractivity contribution >= 4 is 22.2 Å². The van der Waals surface area contributed by atoms with Gasteiger partial charge in [-0.1, -0.05) is 0 Å². The second-order valence-corrected chi connectivity index (χ2v) is 5.22. The molecule has 0 heterocycles. The van der Waals surface area contributed by atoms with E-state index in [9.17, 15) is 4.79 Å². The summed E-state index contributed by atoms with van der Waals surface area (Å²) < 4.78 is 11.7. The molecule has 0 aliphatic carbocycles. The smallest absolute Gasteiger partial charge is 0.150 e. The van der Waals surface area contributed by atoms with E-state index in [0.29, 0.717) is 12.2 Å². The van der Waals surface area contributed by atoms with Crippen molar-refractivity contribution in [2.75, 3.05) is 13.7 Å². The molecule has 17 heavy (non-hydrogen) atoms. The summed E-state index contributed by atoms with van der Waals surface area (Å²) in [5.41, 5.74) is 0.441. The fourth-order valence-corrected chi connectivity index (χ4v) is 1.73. The molecular formula is C13H17BrO3. The Bertz CT molecular complexity index is 388. The molecule has 0 aliphatic heterocycles. The van der Waals surface area contributed by atoms with Crippen molar-refractivity contribution in [2.24, 2.45) is 0 Å². The van der Waals surface area contributed by atoms with E-state index in [2.05, 4.69) is 15.9 Å². The Morgan fingerprint density at radius 3 is 2.65 bits per heavy atom. The van der Waals surface area contributed by atoms with Gasteiger partial charge in [0.15, 0.2) is 0 Å². The molecular weight excluding hydrogens is 284 g/mol. The van der Waals surface area contributed by atoms with Crippen LogP contribution in [-0.2, 0) is 4.74 Å². The molecule has 0 aliphatic rings. The minimum Gasteiger partial charge on any atom is -0.492 e. The van der Waals surface area contributed by atoms with Crippen LogP contribution < -0.4 is 4.74 Å². The van der Waals surface area contributed by atoms with Crippen LogP contribution >= 0.6 is 15.9 Å². The first-order chi connectivity index (χ1) is 7.98. The molecule has 0 radical (unpaired) electrons. The van der Waals surface area contributed by atoms with Crippen LogP contribution in [0.2, 0.25) is 0 Å². The highest BCUT2D eigenvalue weighted by Gasteiger charge is 2.16. The number of carbonyl (C=O) groups excluding carboxylic acids is 1. The van der Waals surface area contributed by atoms with Gasteiger partial charge in [0.1, 0.15) is 12.0 Å². The van der Waals surface area contributed by atoms with Gasteiger partial charge >= 0.3 is 0 Å². The molecule has 1 aromatic carbocycles. The van der Waals surface area contributed by atoms with Crippen molar-refractivity contribution in [2.45, 2.75) is 25.9 Å². The molecule has 1 rings (SSSR count). The van der Waals surface area contributed by atoms with Gasteiger partial charge in [0.05, 0.1) is 16.7 Å². The monoisotopic (exact) mass is 300 g/mol. The number of aldehydes is 1. The summed E-state index contributed by atoms with van der Waals surface area (Å²) in [4.78, 5) is 10.6. The highest BCUT2D eigenvalue weighted by atomic mass is 79.9. The lowest BCUT2D eigenvalue weighted by molar-refractivity contribution is 0.00539. The average molecular weight is 301 g/mol. The van der Waals surface area contributed by atoms with Crippen LogP contribution in [0.5, 0.6) is 5.75 Å². The predicted octanol–water partition coefficient (Wildman–Crippen LogP) is 3.46. The van der Waals surface area contributed by atoms with Crippen LogP contribution in [0.25, 0.3) is 0 Å². The summed E-state index contributed by atoms with van der Waals surface area (Å²) in [6.45, 7) is 4.60. The van der Waals surface area contributed by atoms with Gasteiger partial charge in [-0.25, -0.2) is 0 Å². The van der Waals surface area contributed by atoms with Gasteiger partial charge in [0.25, 0.3) is 0 Å². The SMILES string of the molecule is COC(C)(C)CCOc1ccc(C=O)cc1Br. The number of methoxy groups -OCH3 is 1. The maximum atomic E-state index is 10.6. The van der Waals surface area contributed by atoms with Gasteiger partial charge in [0.2, 0.25) is 0 Å². The lowest BCUT2D eigenvalue weighted by atomic mass is 10.1. The van der Waals surface area contributed by atoms with E-state index in [-0.39, 0.29) is 5.60 Å². The van der Waals surface area contributed by atoms with E-state index in [1.54, 1.807) is 25.3 Å². The van der Waals surface area contributed by atoms with Crippen molar-refractivity contribution in [3.63, 3.8) is 0 Å². The molecule has 94 valence electrons. The van der Waals surface area contributed by atoms with Crippen LogP contribution in [0.1, 0.15) is 30.6 Å². The van der Waals surface area contributed by atoms with Crippen molar-refractivity contribution in [3.05, 3.63) is 28.2 Å².